The van der Waals surface area contributed by atoms with E-state index in [0.717, 1.165) is 19.4 Å². The summed E-state index contributed by atoms with van der Waals surface area (Å²) in [5, 5.41) is 10.8. The zero-order valence-corrected chi connectivity index (χ0v) is 13.8. The van der Waals surface area contributed by atoms with Gasteiger partial charge in [-0.2, -0.15) is 4.98 Å². The summed E-state index contributed by atoms with van der Waals surface area (Å²) in [6.45, 7) is 1.33. The summed E-state index contributed by atoms with van der Waals surface area (Å²) in [6.07, 6.45) is 2.36. The van der Waals surface area contributed by atoms with Crippen molar-refractivity contribution in [3.8, 4) is 11.4 Å². The molecule has 122 valence electrons. The first-order valence-corrected chi connectivity index (χ1v) is 8.19. The molecule has 23 heavy (non-hydrogen) atoms. The van der Waals surface area contributed by atoms with E-state index in [0.29, 0.717) is 40.3 Å². The maximum atomic E-state index is 11.9. The van der Waals surface area contributed by atoms with Crippen LogP contribution >= 0.6 is 23.2 Å². The minimum atomic E-state index is -0.0878. The Labute approximate surface area is 143 Å². The zero-order valence-electron chi connectivity index (χ0n) is 12.3. The van der Waals surface area contributed by atoms with Gasteiger partial charge in [0.05, 0.1) is 21.7 Å². The highest BCUT2D eigenvalue weighted by molar-refractivity contribution is 6.38. The summed E-state index contributed by atoms with van der Waals surface area (Å²) in [4.78, 5) is 16.2. The topological polar surface area (TPSA) is 80.1 Å². The van der Waals surface area contributed by atoms with Crippen LogP contribution in [-0.4, -0.2) is 35.2 Å². The number of amides is 1. The van der Waals surface area contributed by atoms with E-state index in [1.807, 2.05) is 0 Å². The third-order valence-corrected chi connectivity index (χ3v) is 4.30. The fourth-order valence-electron chi connectivity index (χ4n) is 2.49. The van der Waals surface area contributed by atoms with Gasteiger partial charge in [-0.25, -0.2) is 0 Å². The first kappa shape index (κ1) is 16.2. The number of carbonyl (C=O) groups is 1. The Morgan fingerprint density at radius 3 is 2.87 bits per heavy atom. The number of rotatable bonds is 5. The molecule has 1 aliphatic heterocycles. The smallest absolute Gasteiger partial charge is 0.237 e. The van der Waals surface area contributed by atoms with E-state index in [4.69, 9.17) is 27.7 Å². The van der Waals surface area contributed by atoms with Crippen molar-refractivity contribution >= 4 is 29.1 Å². The minimum absolute atomic E-state index is 0.0105. The Kier molecular flexibility index (Phi) is 5.15. The minimum Gasteiger partial charge on any atom is -0.354 e. The van der Waals surface area contributed by atoms with E-state index in [-0.39, 0.29) is 11.9 Å². The Morgan fingerprint density at radius 1 is 1.39 bits per heavy atom. The van der Waals surface area contributed by atoms with Crippen LogP contribution in [0.1, 0.15) is 18.7 Å². The first-order valence-electron chi connectivity index (χ1n) is 7.43. The van der Waals surface area contributed by atoms with Crippen molar-refractivity contribution in [2.45, 2.75) is 25.3 Å². The second-order valence-electron chi connectivity index (χ2n) is 5.30. The third kappa shape index (κ3) is 3.83. The van der Waals surface area contributed by atoms with E-state index < -0.39 is 0 Å². The maximum Gasteiger partial charge on any atom is 0.237 e. The molecule has 0 aliphatic carbocycles. The van der Waals surface area contributed by atoms with Crippen LogP contribution in [0.3, 0.4) is 0 Å². The lowest BCUT2D eigenvalue weighted by atomic mass is 10.2. The molecule has 0 bridgehead atoms. The van der Waals surface area contributed by atoms with Crippen molar-refractivity contribution in [3.05, 3.63) is 34.1 Å². The number of benzene rings is 1. The van der Waals surface area contributed by atoms with Crippen molar-refractivity contribution < 1.29 is 9.32 Å². The summed E-state index contributed by atoms with van der Waals surface area (Å²) in [7, 11) is 0. The quantitative estimate of drug-likeness (QED) is 0.861. The van der Waals surface area contributed by atoms with Gasteiger partial charge in [0.2, 0.25) is 17.6 Å². The van der Waals surface area contributed by atoms with E-state index in [1.54, 1.807) is 18.2 Å². The standard InChI is InChI=1S/C15H16Cl2N4O2/c16-9-3-1-4-10(17)13(9)14-20-12(23-21-14)6-8-19-15(22)11-5-2-7-18-11/h1,3-4,11,18H,2,5-8H2,(H,19,22). The Morgan fingerprint density at radius 2 is 2.17 bits per heavy atom. The van der Waals surface area contributed by atoms with Crippen LogP contribution in [0.25, 0.3) is 11.4 Å². The molecular weight excluding hydrogens is 339 g/mol. The molecule has 1 amide bonds. The van der Waals surface area contributed by atoms with Gasteiger partial charge in [-0.3, -0.25) is 4.79 Å². The van der Waals surface area contributed by atoms with Crippen molar-refractivity contribution in [3.63, 3.8) is 0 Å². The average Bonchev–Trinajstić information content (AvgIpc) is 3.18. The molecule has 0 radical (unpaired) electrons. The molecule has 2 heterocycles. The maximum absolute atomic E-state index is 11.9. The monoisotopic (exact) mass is 354 g/mol. The highest BCUT2D eigenvalue weighted by Gasteiger charge is 2.21. The molecule has 1 aromatic heterocycles. The summed E-state index contributed by atoms with van der Waals surface area (Å²) < 4.78 is 5.19. The number of hydrogen-bond donors (Lipinski definition) is 2. The molecule has 1 atom stereocenters. The third-order valence-electron chi connectivity index (χ3n) is 3.67. The van der Waals surface area contributed by atoms with Crippen molar-refractivity contribution in [1.82, 2.24) is 20.8 Å². The summed E-state index contributed by atoms with van der Waals surface area (Å²) >= 11 is 12.2. The van der Waals surface area contributed by atoms with Crippen LogP contribution in [0.5, 0.6) is 0 Å². The molecule has 1 saturated heterocycles. The van der Waals surface area contributed by atoms with E-state index in [1.165, 1.54) is 0 Å². The van der Waals surface area contributed by atoms with Crippen LogP contribution in [0, 0.1) is 0 Å². The lowest BCUT2D eigenvalue weighted by Gasteiger charge is -2.09. The van der Waals surface area contributed by atoms with Gasteiger partial charge in [0, 0.05) is 13.0 Å². The molecule has 6 nitrogen and oxygen atoms in total. The highest BCUT2D eigenvalue weighted by atomic mass is 35.5. The predicted octanol–water partition coefficient (Wildman–Crippen LogP) is 2.45. The van der Waals surface area contributed by atoms with Gasteiger partial charge in [0.25, 0.3) is 0 Å². The van der Waals surface area contributed by atoms with Gasteiger partial charge in [-0.15, -0.1) is 0 Å². The average molecular weight is 355 g/mol. The van der Waals surface area contributed by atoms with Crippen LogP contribution in [0.2, 0.25) is 10.0 Å². The molecule has 8 heteroatoms. The van der Waals surface area contributed by atoms with Crippen LogP contribution < -0.4 is 10.6 Å². The Bertz CT molecular complexity index is 678. The van der Waals surface area contributed by atoms with E-state index in [2.05, 4.69) is 20.8 Å². The first-order chi connectivity index (χ1) is 11.1. The molecule has 2 aromatic rings. The molecule has 0 saturated carbocycles. The van der Waals surface area contributed by atoms with Gasteiger partial charge in [-0.1, -0.05) is 34.4 Å². The van der Waals surface area contributed by atoms with E-state index >= 15 is 0 Å². The zero-order chi connectivity index (χ0) is 16.2. The second-order valence-corrected chi connectivity index (χ2v) is 6.11. The number of carbonyl (C=O) groups excluding carboxylic acids is 1. The van der Waals surface area contributed by atoms with Crippen molar-refractivity contribution in [1.29, 1.82) is 0 Å². The molecule has 1 fully saturated rings. The second kappa shape index (κ2) is 7.29. The van der Waals surface area contributed by atoms with Crippen molar-refractivity contribution in [2.75, 3.05) is 13.1 Å². The van der Waals surface area contributed by atoms with Crippen LogP contribution in [0.4, 0.5) is 0 Å². The van der Waals surface area contributed by atoms with Gasteiger partial charge < -0.3 is 15.2 Å². The Hall–Kier alpha value is -1.63. The molecule has 1 aliphatic rings. The largest absolute Gasteiger partial charge is 0.354 e. The fraction of sp³-hybridized carbons (Fsp3) is 0.400. The lowest BCUT2D eigenvalue weighted by molar-refractivity contribution is -0.122. The highest BCUT2D eigenvalue weighted by Crippen LogP contribution is 2.32. The number of halogens is 2. The summed E-state index contributed by atoms with van der Waals surface area (Å²) in [5.41, 5.74) is 0.546. The number of nitrogens with one attached hydrogen (secondary N) is 2. The molecule has 1 aromatic carbocycles. The molecule has 0 spiro atoms. The van der Waals surface area contributed by atoms with Crippen LogP contribution in [0.15, 0.2) is 22.7 Å². The predicted molar refractivity (Wildman–Crippen MR) is 87.5 cm³/mol. The molecular formula is C15H16Cl2N4O2. The Balaban J connectivity index is 1.58. The number of hydrogen-bond acceptors (Lipinski definition) is 5. The molecule has 3 rings (SSSR count). The fourth-order valence-corrected chi connectivity index (χ4v) is 3.06. The van der Waals surface area contributed by atoms with Gasteiger partial charge in [0.1, 0.15) is 0 Å². The number of nitrogens with zero attached hydrogens (tertiary/aromatic N) is 2. The van der Waals surface area contributed by atoms with Crippen LogP contribution in [-0.2, 0) is 11.2 Å². The normalized spacial score (nSPS) is 17.4. The number of aromatic nitrogens is 2. The van der Waals surface area contributed by atoms with Gasteiger partial charge in [0.15, 0.2) is 0 Å². The van der Waals surface area contributed by atoms with Gasteiger partial charge >= 0.3 is 0 Å². The van der Waals surface area contributed by atoms with Gasteiger partial charge in [-0.05, 0) is 31.5 Å². The SMILES string of the molecule is O=C(NCCc1nc(-c2c(Cl)cccc2Cl)no1)C1CCCN1. The summed E-state index contributed by atoms with van der Waals surface area (Å²) in [5.74, 6) is 0.784. The van der Waals surface area contributed by atoms with E-state index in [9.17, 15) is 4.79 Å². The molecule has 1 unspecified atom stereocenters. The summed E-state index contributed by atoms with van der Waals surface area (Å²) in [6, 6.07) is 5.10. The molecule has 2 N–H and O–H groups in total. The van der Waals surface area contributed by atoms with Crippen molar-refractivity contribution in [2.24, 2.45) is 0 Å². The lowest BCUT2D eigenvalue weighted by Crippen LogP contribution is -2.41.